The molecule has 1 aliphatic rings. The fraction of sp³-hybridized carbons (Fsp3) is 0.231. The van der Waals surface area contributed by atoms with Gasteiger partial charge in [-0.3, -0.25) is 9.89 Å². The lowest BCUT2D eigenvalue weighted by molar-refractivity contribution is -0.118. The Morgan fingerprint density at radius 3 is 3.16 bits per heavy atom. The van der Waals surface area contributed by atoms with Crippen molar-refractivity contribution in [3.8, 4) is 17.0 Å². The summed E-state index contributed by atoms with van der Waals surface area (Å²) in [4.78, 5) is 11.3. The first-order valence-corrected chi connectivity index (χ1v) is 6.07. The highest BCUT2D eigenvalue weighted by Crippen LogP contribution is 2.33. The summed E-state index contributed by atoms with van der Waals surface area (Å²) in [6, 6.07) is 5.65. The molecule has 2 aromatic rings. The molecule has 0 unspecified atom stereocenters. The molecule has 6 heteroatoms. The Labute approximate surface area is 110 Å². The van der Waals surface area contributed by atoms with Gasteiger partial charge in [0.15, 0.2) is 6.61 Å². The summed E-state index contributed by atoms with van der Waals surface area (Å²) >= 11 is 0. The zero-order valence-electron chi connectivity index (χ0n) is 10.3. The number of nitrogens with two attached hydrogens (primary N) is 1. The van der Waals surface area contributed by atoms with E-state index in [2.05, 4.69) is 15.5 Å². The van der Waals surface area contributed by atoms with Crippen LogP contribution in [0.25, 0.3) is 11.3 Å². The molecule has 19 heavy (non-hydrogen) atoms. The normalized spacial score (nSPS) is 13.6. The number of aromatic nitrogens is 2. The van der Waals surface area contributed by atoms with Gasteiger partial charge >= 0.3 is 0 Å². The molecule has 3 rings (SSSR count). The summed E-state index contributed by atoms with van der Waals surface area (Å²) in [6.07, 6.45) is 2.53. The van der Waals surface area contributed by atoms with Crippen molar-refractivity contribution in [1.82, 2.24) is 10.2 Å². The molecule has 1 amide bonds. The van der Waals surface area contributed by atoms with Gasteiger partial charge in [0.1, 0.15) is 5.75 Å². The molecule has 4 N–H and O–H groups in total. The predicted octanol–water partition coefficient (Wildman–Crippen LogP) is 0.909. The second-order valence-corrected chi connectivity index (χ2v) is 4.36. The molecule has 0 fully saturated rings. The highest BCUT2D eigenvalue weighted by molar-refractivity contribution is 5.96. The lowest BCUT2D eigenvalue weighted by atomic mass is 10.0. The molecule has 1 aromatic heterocycles. The van der Waals surface area contributed by atoms with Crippen LogP contribution < -0.4 is 15.8 Å². The van der Waals surface area contributed by atoms with E-state index in [1.165, 1.54) is 0 Å². The largest absolute Gasteiger partial charge is 0.482 e. The number of carbonyl (C=O) groups is 1. The van der Waals surface area contributed by atoms with E-state index < -0.39 is 0 Å². The third-order valence-electron chi connectivity index (χ3n) is 3.03. The highest BCUT2D eigenvalue weighted by atomic mass is 16.5. The first-order chi connectivity index (χ1) is 9.28. The number of hydrogen-bond donors (Lipinski definition) is 3. The molecule has 98 valence electrons. The third-order valence-corrected chi connectivity index (χ3v) is 3.03. The Morgan fingerprint density at radius 1 is 1.42 bits per heavy atom. The monoisotopic (exact) mass is 258 g/mol. The number of fused-ring (bicyclic) bond motifs is 1. The minimum atomic E-state index is -0.142. The van der Waals surface area contributed by atoms with Crippen LogP contribution in [0.15, 0.2) is 24.4 Å². The summed E-state index contributed by atoms with van der Waals surface area (Å²) in [5.74, 6) is 0.541. The van der Waals surface area contributed by atoms with E-state index in [0.29, 0.717) is 18.0 Å². The van der Waals surface area contributed by atoms with Crippen molar-refractivity contribution in [3.63, 3.8) is 0 Å². The molecule has 0 bridgehead atoms. The van der Waals surface area contributed by atoms with Crippen LogP contribution in [0.2, 0.25) is 0 Å². The Balaban J connectivity index is 1.99. The zero-order chi connectivity index (χ0) is 13.2. The number of ether oxygens (including phenoxy) is 1. The number of hydrogen-bond acceptors (Lipinski definition) is 4. The molecular weight excluding hydrogens is 244 g/mol. The SMILES string of the molecule is NCCc1cn[nH]c1-c1ccc2c(c1)NC(=O)CO2. The van der Waals surface area contributed by atoms with Gasteiger partial charge in [-0.05, 0) is 36.7 Å². The van der Waals surface area contributed by atoms with Gasteiger partial charge in [-0.1, -0.05) is 0 Å². The molecule has 0 radical (unpaired) electrons. The van der Waals surface area contributed by atoms with Crippen LogP contribution in [0.1, 0.15) is 5.56 Å². The van der Waals surface area contributed by atoms with Crippen molar-refractivity contribution < 1.29 is 9.53 Å². The van der Waals surface area contributed by atoms with E-state index in [9.17, 15) is 4.79 Å². The van der Waals surface area contributed by atoms with E-state index in [1.807, 2.05) is 18.2 Å². The van der Waals surface area contributed by atoms with Crippen molar-refractivity contribution in [2.75, 3.05) is 18.5 Å². The van der Waals surface area contributed by atoms with Gasteiger partial charge < -0.3 is 15.8 Å². The van der Waals surface area contributed by atoms with Gasteiger partial charge in [0.25, 0.3) is 5.91 Å². The quantitative estimate of drug-likeness (QED) is 0.762. The van der Waals surface area contributed by atoms with Gasteiger partial charge in [0, 0.05) is 5.56 Å². The second-order valence-electron chi connectivity index (χ2n) is 4.36. The number of anilines is 1. The van der Waals surface area contributed by atoms with Crippen molar-refractivity contribution in [2.45, 2.75) is 6.42 Å². The first-order valence-electron chi connectivity index (χ1n) is 6.07. The number of nitrogens with one attached hydrogen (secondary N) is 2. The van der Waals surface area contributed by atoms with Gasteiger partial charge in [0.2, 0.25) is 0 Å². The molecule has 0 saturated carbocycles. The number of H-pyrrole nitrogens is 1. The standard InChI is InChI=1S/C13H14N4O2/c14-4-3-9-6-15-17-13(9)8-1-2-11-10(5-8)16-12(18)7-19-11/h1-2,5-6H,3-4,7,14H2,(H,15,17)(H,16,18). The average Bonchev–Trinajstić information content (AvgIpc) is 2.86. The van der Waals surface area contributed by atoms with E-state index in [-0.39, 0.29) is 12.5 Å². The van der Waals surface area contributed by atoms with E-state index >= 15 is 0 Å². The Hall–Kier alpha value is -2.34. The summed E-state index contributed by atoms with van der Waals surface area (Å²) in [6.45, 7) is 0.631. The highest BCUT2D eigenvalue weighted by Gasteiger charge is 2.17. The van der Waals surface area contributed by atoms with Crippen LogP contribution in [0, 0.1) is 0 Å². The zero-order valence-corrected chi connectivity index (χ0v) is 10.3. The number of nitrogens with zero attached hydrogens (tertiary/aromatic N) is 1. The van der Waals surface area contributed by atoms with Crippen molar-refractivity contribution in [3.05, 3.63) is 30.0 Å². The van der Waals surface area contributed by atoms with Crippen LogP contribution in [-0.4, -0.2) is 29.3 Å². The third kappa shape index (κ3) is 2.17. The molecule has 1 aliphatic heterocycles. The maximum absolute atomic E-state index is 11.3. The van der Waals surface area contributed by atoms with Gasteiger partial charge in [-0.15, -0.1) is 0 Å². The number of rotatable bonds is 3. The van der Waals surface area contributed by atoms with Gasteiger partial charge in [-0.25, -0.2) is 0 Å². The van der Waals surface area contributed by atoms with Crippen LogP contribution in [0.5, 0.6) is 5.75 Å². The molecule has 0 saturated heterocycles. The van der Waals surface area contributed by atoms with Crippen LogP contribution in [-0.2, 0) is 11.2 Å². The molecule has 6 nitrogen and oxygen atoms in total. The van der Waals surface area contributed by atoms with Crippen LogP contribution >= 0.6 is 0 Å². The van der Waals surface area contributed by atoms with Crippen molar-refractivity contribution >= 4 is 11.6 Å². The van der Waals surface area contributed by atoms with E-state index in [4.69, 9.17) is 10.5 Å². The first kappa shape index (κ1) is 11.7. The van der Waals surface area contributed by atoms with E-state index in [0.717, 1.165) is 23.2 Å². The summed E-state index contributed by atoms with van der Waals surface area (Å²) in [5, 5.41) is 9.80. The van der Waals surface area contributed by atoms with Crippen molar-refractivity contribution in [1.29, 1.82) is 0 Å². The lowest BCUT2D eigenvalue weighted by Crippen LogP contribution is -2.25. The Kier molecular flexibility index (Phi) is 2.92. The molecule has 2 heterocycles. The molecule has 0 aliphatic carbocycles. The minimum Gasteiger partial charge on any atom is -0.482 e. The number of carbonyl (C=O) groups excluding carboxylic acids is 1. The molecular formula is C13H14N4O2. The minimum absolute atomic E-state index is 0.0643. The fourth-order valence-corrected chi connectivity index (χ4v) is 2.14. The number of benzene rings is 1. The fourth-order valence-electron chi connectivity index (χ4n) is 2.14. The van der Waals surface area contributed by atoms with Gasteiger partial charge in [0.05, 0.1) is 17.6 Å². The summed E-state index contributed by atoms with van der Waals surface area (Å²) < 4.78 is 5.33. The van der Waals surface area contributed by atoms with Crippen molar-refractivity contribution in [2.24, 2.45) is 5.73 Å². The second kappa shape index (κ2) is 4.74. The Bertz CT molecular complexity index is 621. The topological polar surface area (TPSA) is 93.0 Å². The maximum atomic E-state index is 11.3. The summed E-state index contributed by atoms with van der Waals surface area (Å²) in [5.41, 5.74) is 9.19. The molecule has 1 aromatic carbocycles. The van der Waals surface area contributed by atoms with Gasteiger partial charge in [-0.2, -0.15) is 5.10 Å². The van der Waals surface area contributed by atoms with Crippen LogP contribution in [0.3, 0.4) is 0 Å². The number of aromatic amines is 1. The predicted molar refractivity (Wildman–Crippen MR) is 70.9 cm³/mol. The Morgan fingerprint density at radius 2 is 2.32 bits per heavy atom. The smallest absolute Gasteiger partial charge is 0.262 e. The molecule has 0 atom stereocenters. The number of amides is 1. The van der Waals surface area contributed by atoms with Crippen LogP contribution in [0.4, 0.5) is 5.69 Å². The average molecular weight is 258 g/mol. The maximum Gasteiger partial charge on any atom is 0.262 e. The molecule has 0 spiro atoms. The lowest BCUT2D eigenvalue weighted by Gasteiger charge is -2.18. The van der Waals surface area contributed by atoms with E-state index in [1.54, 1.807) is 6.20 Å². The summed E-state index contributed by atoms with van der Waals surface area (Å²) in [7, 11) is 0.